The Hall–Kier alpha value is -2.09. The van der Waals surface area contributed by atoms with Gasteiger partial charge >= 0.3 is 0 Å². The molecule has 1 atom stereocenters. The molecule has 0 amide bonds. The lowest BCUT2D eigenvalue weighted by atomic mass is 9.94. The van der Waals surface area contributed by atoms with Gasteiger partial charge < -0.3 is 4.74 Å². The molecule has 1 aliphatic heterocycles. The molecule has 0 aliphatic carbocycles. The van der Waals surface area contributed by atoms with Crippen LogP contribution in [0.15, 0.2) is 54.6 Å². The van der Waals surface area contributed by atoms with Gasteiger partial charge in [-0.1, -0.05) is 48.5 Å². The summed E-state index contributed by atoms with van der Waals surface area (Å²) in [5.41, 5.74) is 2.11. The van der Waals surface area contributed by atoms with Crippen molar-refractivity contribution in [3.05, 3.63) is 65.7 Å². The number of hydrogen-bond acceptors (Lipinski definition) is 2. The van der Waals surface area contributed by atoms with Crippen LogP contribution in [0.5, 0.6) is 5.75 Å². The molecule has 0 spiro atoms. The third-order valence-corrected chi connectivity index (χ3v) is 3.85. The van der Waals surface area contributed by atoms with Crippen molar-refractivity contribution in [3.8, 4) is 5.75 Å². The van der Waals surface area contributed by atoms with Crippen LogP contribution >= 0.6 is 0 Å². The van der Waals surface area contributed by atoms with Gasteiger partial charge in [-0.15, -0.1) is 0 Å². The Morgan fingerprint density at radius 2 is 1.80 bits per heavy atom. The first-order valence-electron chi connectivity index (χ1n) is 7.14. The molecule has 0 saturated heterocycles. The molecule has 0 radical (unpaired) electrons. The highest BCUT2D eigenvalue weighted by molar-refractivity contribution is 5.95. The minimum absolute atomic E-state index is 0.234. The van der Waals surface area contributed by atoms with Crippen LogP contribution < -0.4 is 4.74 Å². The molecule has 3 rings (SSSR count). The number of benzene rings is 2. The van der Waals surface area contributed by atoms with Gasteiger partial charge in [0.1, 0.15) is 5.75 Å². The van der Waals surface area contributed by atoms with Crippen LogP contribution in [0, 0.1) is 0 Å². The van der Waals surface area contributed by atoms with E-state index in [9.17, 15) is 4.79 Å². The highest BCUT2D eigenvalue weighted by Crippen LogP contribution is 2.36. The number of ether oxygens (including phenoxy) is 1. The van der Waals surface area contributed by atoms with Crippen LogP contribution in [0.2, 0.25) is 0 Å². The molecule has 102 valence electrons. The fourth-order valence-corrected chi connectivity index (χ4v) is 2.75. The predicted molar refractivity (Wildman–Crippen MR) is 79.3 cm³/mol. The first-order chi connectivity index (χ1) is 9.84. The zero-order valence-electron chi connectivity index (χ0n) is 11.4. The molecular weight excluding hydrogens is 248 g/mol. The maximum absolute atomic E-state index is 12.0. The van der Waals surface area contributed by atoms with Gasteiger partial charge in [-0.25, -0.2) is 0 Å². The Labute approximate surface area is 119 Å². The molecule has 1 unspecified atom stereocenters. The summed E-state index contributed by atoms with van der Waals surface area (Å²) in [6.45, 7) is 0.749. The van der Waals surface area contributed by atoms with E-state index in [2.05, 4.69) is 12.1 Å². The maximum Gasteiger partial charge on any atom is 0.162 e. The summed E-state index contributed by atoms with van der Waals surface area (Å²) in [5, 5.41) is 0. The molecule has 0 N–H and O–H groups in total. The Bertz CT molecular complexity index is 589. The van der Waals surface area contributed by atoms with E-state index in [0.717, 1.165) is 30.8 Å². The fraction of sp³-hybridized carbons (Fsp3) is 0.278. The Kier molecular flexibility index (Phi) is 3.82. The van der Waals surface area contributed by atoms with Gasteiger partial charge in [-0.2, -0.15) is 0 Å². The van der Waals surface area contributed by atoms with E-state index in [1.807, 2.05) is 42.5 Å². The van der Waals surface area contributed by atoms with Gasteiger partial charge in [-0.05, 0) is 18.9 Å². The van der Waals surface area contributed by atoms with Crippen LogP contribution in [0.1, 0.15) is 41.1 Å². The van der Waals surface area contributed by atoms with Crippen molar-refractivity contribution in [2.75, 3.05) is 6.61 Å². The maximum atomic E-state index is 12.0. The summed E-state index contributed by atoms with van der Waals surface area (Å²) in [6, 6.07) is 17.7. The molecule has 0 aromatic heterocycles. The number of hydrogen-bond donors (Lipinski definition) is 0. The lowest BCUT2D eigenvalue weighted by molar-refractivity contribution is 0.0978. The van der Waals surface area contributed by atoms with Crippen molar-refractivity contribution >= 4 is 5.78 Å². The van der Waals surface area contributed by atoms with Crippen LogP contribution in [-0.4, -0.2) is 12.4 Å². The molecule has 0 fully saturated rings. The van der Waals surface area contributed by atoms with E-state index >= 15 is 0 Å². The number of rotatable bonds is 5. The van der Waals surface area contributed by atoms with Crippen LogP contribution in [0.3, 0.4) is 0 Å². The van der Waals surface area contributed by atoms with Crippen molar-refractivity contribution < 1.29 is 9.53 Å². The van der Waals surface area contributed by atoms with Gasteiger partial charge in [-0.3, -0.25) is 4.79 Å². The van der Waals surface area contributed by atoms with E-state index in [4.69, 9.17) is 4.74 Å². The van der Waals surface area contributed by atoms with E-state index < -0.39 is 0 Å². The van der Waals surface area contributed by atoms with Gasteiger partial charge in [0.2, 0.25) is 0 Å². The largest absolute Gasteiger partial charge is 0.493 e. The third-order valence-electron chi connectivity index (χ3n) is 3.85. The van der Waals surface area contributed by atoms with Crippen molar-refractivity contribution in [2.45, 2.75) is 25.2 Å². The molecule has 2 aromatic rings. The zero-order chi connectivity index (χ0) is 13.8. The Morgan fingerprint density at radius 3 is 2.65 bits per heavy atom. The molecule has 1 aliphatic rings. The average Bonchev–Trinajstić information content (AvgIpc) is 2.92. The monoisotopic (exact) mass is 266 g/mol. The molecule has 20 heavy (non-hydrogen) atoms. The van der Waals surface area contributed by atoms with Crippen molar-refractivity contribution in [2.24, 2.45) is 0 Å². The SMILES string of the molecule is O=C(CCCC1COc2ccccc21)c1ccccc1. The summed E-state index contributed by atoms with van der Waals surface area (Å²) >= 11 is 0. The first-order valence-corrected chi connectivity index (χ1v) is 7.14. The third kappa shape index (κ3) is 2.74. The molecule has 2 nitrogen and oxygen atoms in total. The Balaban J connectivity index is 1.53. The summed E-state index contributed by atoms with van der Waals surface area (Å²) in [4.78, 5) is 12.0. The topological polar surface area (TPSA) is 26.3 Å². The summed E-state index contributed by atoms with van der Waals surface area (Å²) < 4.78 is 5.67. The van der Waals surface area contributed by atoms with Crippen molar-refractivity contribution in [1.82, 2.24) is 0 Å². The molecule has 0 bridgehead atoms. The number of ketones is 1. The highest BCUT2D eigenvalue weighted by atomic mass is 16.5. The van der Waals surface area contributed by atoms with Crippen molar-refractivity contribution in [1.29, 1.82) is 0 Å². The van der Waals surface area contributed by atoms with E-state index in [0.29, 0.717) is 12.3 Å². The van der Waals surface area contributed by atoms with Gasteiger partial charge in [0, 0.05) is 23.5 Å². The molecule has 2 heteroatoms. The van der Waals surface area contributed by atoms with E-state index in [1.165, 1.54) is 5.56 Å². The number of carbonyl (C=O) groups is 1. The smallest absolute Gasteiger partial charge is 0.162 e. The lowest BCUT2D eigenvalue weighted by Crippen LogP contribution is -2.03. The van der Waals surface area contributed by atoms with Crippen molar-refractivity contribution in [3.63, 3.8) is 0 Å². The lowest BCUT2D eigenvalue weighted by Gasteiger charge is -2.08. The number of carbonyl (C=O) groups excluding carboxylic acids is 1. The highest BCUT2D eigenvalue weighted by Gasteiger charge is 2.23. The number of Topliss-reactive ketones (excluding diaryl/α,β-unsaturated/α-hetero) is 1. The number of fused-ring (bicyclic) bond motifs is 1. The minimum Gasteiger partial charge on any atom is -0.493 e. The second-order valence-corrected chi connectivity index (χ2v) is 5.23. The Morgan fingerprint density at radius 1 is 1.05 bits per heavy atom. The summed E-state index contributed by atoms with van der Waals surface area (Å²) in [6.07, 6.45) is 2.54. The molecule has 0 saturated carbocycles. The van der Waals surface area contributed by atoms with Crippen LogP contribution in [0.4, 0.5) is 0 Å². The molecular formula is C18H18O2. The molecule has 1 heterocycles. The standard InChI is InChI=1S/C18H18O2/c19-17(14-7-2-1-3-8-14)11-6-9-15-13-20-18-12-5-4-10-16(15)18/h1-5,7-8,10,12,15H,6,9,11,13H2. The van der Waals surface area contributed by atoms with E-state index in [-0.39, 0.29) is 5.78 Å². The van der Waals surface area contributed by atoms with E-state index in [1.54, 1.807) is 0 Å². The quantitative estimate of drug-likeness (QED) is 0.757. The van der Waals surface area contributed by atoms with Crippen LogP contribution in [0.25, 0.3) is 0 Å². The normalized spacial score (nSPS) is 16.5. The minimum atomic E-state index is 0.234. The van der Waals surface area contributed by atoms with Gasteiger partial charge in [0.25, 0.3) is 0 Å². The van der Waals surface area contributed by atoms with Crippen LogP contribution in [-0.2, 0) is 0 Å². The fourth-order valence-electron chi connectivity index (χ4n) is 2.75. The van der Waals surface area contributed by atoms with Gasteiger partial charge in [0.05, 0.1) is 6.61 Å². The summed E-state index contributed by atoms with van der Waals surface area (Å²) in [7, 11) is 0. The predicted octanol–water partition coefficient (Wildman–Crippen LogP) is 4.22. The second-order valence-electron chi connectivity index (χ2n) is 5.23. The average molecular weight is 266 g/mol. The summed E-state index contributed by atoms with van der Waals surface area (Å²) in [5.74, 6) is 1.68. The van der Waals surface area contributed by atoms with Gasteiger partial charge in [0.15, 0.2) is 5.78 Å². The molecule has 2 aromatic carbocycles. The number of para-hydroxylation sites is 1. The first kappa shape index (κ1) is 12.9. The zero-order valence-corrected chi connectivity index (χ0v) is 11.4. The second kappa shape index (κ2) is 5.91.